The lowest BCUT2D eigenvalue weighted by molar-refractivity contribution is -0.120. The van der Waals surface area contributed by atoms with Gasteiger partial charge in [-0.05, 0) is 75.8 Å². The van der Waals surface area contributed by atoms with E-state index in [1.165, 1.54) is 11.5 Å². The molecule has 34 heavy (non-hydrogen) atoms. The van der Waals surface area contributed by atoms with E-state index in [2.05, 4.69) is 35.5 Å². The van der Waals surface area contributed by atoms with Crippen LogP contribution in [-0.2, 0) is 4.79 Å². The maximum atomic E-state index is 13.3. The summed E-state index contributed by atoms with van der Waals surface area (Å²) in [4.78, 5) is 35.8. The number of carbonyl (C=O) groups excluding carboxylic acids is 2. The highest BCUT2D eigenvalue weighted by atomic mass is 79.9. The van der Waals surface area contributed by atoms with Crippen molar-refractivity contribution in [1.82, 2.24) is 14.3 Å². The zero-order chi connectivity index (χ0) is 24.4. The Balaban J connectivity index is 1.56. The number of nitrogens with zero attached hydrogens (tertiary/aromatic N) is 4. The molecule has 0 spiro atoms. The molecule has 2 amide bonds. The zero-order valence-electron chi connectivity index (χ0n) is 20.0. The van der Waals surface area contributed by atoms with Gasteiger partial charge in [0.1, 0.15) is 4.83 Å². The van der Waals surface area contributed by atoms with E-state index in [0.717, 1.165) is 50.2 Å². The van der Waals surface area contributed by atoms with Crippen molar-refractivity contribution in [3.8, 4) is 0 Å². The Hall–Kier alpha value is -2.52. The Labute approximate surface area is 212 Å². The molecule has 0 unspecified atom stereocenters. The van der Waals surface area contributed by atoms with Crippen LogP contribution in [0.1, 0.15) is 48.3 Å². The van der Waals surface area contributed by atoms with Gasteiger partial charge in [0.2, 0.25) is 5.91 Å². The fraction of sp³-hybridized carbons (Fsp3) is 0.440. The number of carbonyl (C=O) groups is 2. The summed E-state index contributed by atoms with van der Waals surface area (Å²) in [5.41, 5.74) is 4.32. The Morgan fingerprint density at radius 1 is 1.21 bits per heavy atom. The zero-order valence-corrected chi connectivity index (χ0v) is 22.4. The number of aromatic nitrogens is 2. The van der Waals surface area contributed by atoms with Gasteiger partial charge in [-0.2, -0.15) is 4.37 Å². The molecule has 4 rings (SSSR count). The van der Waals surface area contributed by atoms with Crippen LogP contribution in [0.15, 0.2) is 28.9 Å². The minimum atomic E-state index is -0.0684. The summed E-state index contributed by atoms with van der Waals surface area (Å²) in [5, 5.41) is 4.03. The number of hydrogen-bond acceptors (Lipinski definition) is 6. The van der Waals surface area contributed by atoms with E-state index < -0.39 is 0 Å². The molecule has 1 aliphatic heterocycles. The summed E-state index contributed by atoms with van der Waals surface area (Å²) >= 11 is 4.86. The van der Waals surface area contributed by atoms with Crippen molar-refractivity contribution in [3.05, 3.63) is 45.7 Å². The lowest BCUT2D eigenvalue weighted by Gasteiger charge is -2.35. The summed E-state index contributed by atoms with van der Waals surface area (Å²) < 4.78 is 5.52. The molecule has 0 bridgehead atoms. The SMILES string of the molecule is CCN(CC)C(=O)c1cnc2snc(C)c2c1N1CCC(C(=O)Nc2ccc(Br)c(C)c2)CC1. The van der Waals surface area contributed by atoms with Crippen LogP contribution >= 0.6 is 27.5 Å². The predicted octanol–water partition coefficient (Wildman–Crippen LogP) is 5.41. The molecule has 1 fully saturated rings. The number of anilines is 2. The van der Waals surface area contributed by atoms with Crippen molar-refractivity contribution in [2.45, 2.75) is 40.5 Å². The third-order valence-corrected chi connectivity index (χ3v) is 8.27. The molecular weight excluding hydrogens is 514 g/mol. The van der Waals surface area contributed by atoms with Gasteiger partial charge in [0.25, 0.3) is 5.91 Å². The van der Waals surface area contributed by atoms with Crippen molar-refractivity contribution >= 4 is 60.9 Å². The van der Waals surface area contributed by atoms with Gasteiger partial charge in [0, 0.05) is 48.5 Å². The highest BCUT2D eigenvalue weighted by Gasteiger charge is 2.30. The van der Waals surface area contributed by atoms with Crippen LogP contribution in [-0.4, -0.2) is 52.3 Å². The van der Waals surface area contributed by atoms with Crippen molar-refractivity contribution in [3.63, 3.8) is 0 Å². The van der Waals surface area contributed by atoms with Crippen molar-refractivity contribution in [2.24, 2.45) is 5.92 Å². The van der Waals surface area contributed by atoms with Gasteiger partial charge in [-0.25, -0.2) is 4.98 Å². The normalized spacial score (nSPS) is 14.4. The smallest absolute Gasteiger partial charge is 0.257 e. The van der Waals surface area contributed by atoms with Crippen LogP contribution in [0.3, 0.4) is 0 Å². The van der Waals surface area contributed by atoms with Crippen LogP contribution in [0.25, 0.3) is 10.2 Å². The molecule has 1 aromatic carbocycles. The number of halogens is 1. The van der Waals surface area contributed by atoms with Gasteiger partial charge in [-0.3, -0.25) is 9.59 Å². The molecule has 9 heteroatoms. The highest BCUT2D eigenvalue weighted by molar-refractivity contribution is 9.10. The second-order valence-corrected chi connectivity index (χ2v) is 10.3. The minimum absolute atomic E-state index is 0.00882. The molecule has 1 aliphatic rings. The van der Waals surface area contributed by atoms with Crippen LogP contribution in [0, 0.1) is 19.8 Å². The standard InChI is InChI=1S/C25H30BrN5O2S/c1-5-30(6-2)25(33)19-14-27-24-21(16(4)29-34-24)22(19)31-11-9-17(10-12-31)23(32)28-18-7-8-20(26)15(3)13-18/h7-8,13-14,17H,5-6,9-12H2,1-4H3,(H,28,32). The molecule has 7 nitrogen and oxygen atoms in total. The highest BCUT2D eigenvalue weighted by Crippen LogP contribution is 2.37. The number of aryl methyl sites for hydroxylation is 2. The minimum Gasteiger partial charge on any atom is -0.370 e. The Morgan fingerprint density at radius 2 is 1.91 bits per heavy atom. The quantitative estimate of drug-likeness (QED) is 0.449. The van der Waals surface area contributed by atoms with Crippen LogP contribution < -0.4 is 10.2 Å². The largest absolute Gasteiger partial charge is 0.370 e. The average Bonchev–Trinajstić information content (AvgIpc) is 3.22. The molecule has 0 radical (unpaired) electrons. The van der Waals surface area contributed by atoms with E-state index in [-0.39, 0.29) is 17.7 Å². The Bertz CT molecular complexity index is 1220. The molecule has 0 atom stereocenters. The fourth-order valence-corrected chi connectivity index (χ4v) is 5.53. The van der Waals surface area contributed by atoms with Crippen LogP contribution in [0.4, 0.5) is 11.4 Å². The second-order valence-electron chi connectivity index (χ2n) is 8.66. The summed E-state index contributed by atoms with van der Waals surface area (Å²) in [6, 6.07) is 5.84. The van der Waals surface area contributed by atoms with E-state index in [0.29, 0.717) is 31.7 Å². The predicted molar refractivity (Wildman–Crippen MR) is 142 cm³/mol. The Morgan fingerprint density at radius 3 is 2.56 bits per heavy atom. The fourth-order valence-electron chi connectivity index (χ4n) is 4.54. The maximum absolute atomic E-state index is 13.3. The maximum Gasteiger partial charge on any atom is 0.257 e. The van der Waals surface area contributed by atoms with Gasteiger partial charge in [-0.15, -0.1) is 0 Å². The second kappa shape index (κ2) is 10.4. The topological polar surface area (TPSA) is 78.4 Å². The number of fused-ring (bicyclic) bond motifs is 1. The molecular formula is C25H30BrN5O2S. The first-order valence-electron chi connectivity index (χ1n) is 11.7. The number of benzene rings is 1. The van der Waals surface area contributed by atoms with E-state index in [4.69, 9.17) is 0 Å². The number of pyridine rings is 1. The van der Waals surface area contributed by atoms with Crippen LogP contribution in [0.5, 0.6) is 0 Å². The summed E-state index contributed by atoms with van der Waals surface area (Å²) in [5.74, 6) is -0.0271. The molecule has 1 N–H and O–H groups in total. The molecule has 0 aliphatic carbocycles. The van der Waals surface area contributed by atoms with Crippen molar-refractivity contribution in [1.29, 1.82) is 0 Å². The number of hydrogen-bond donors (Lipinski definition) is 1. The monoisotopic (exact) mass is 543 g/mol. The molecule has 180 valence electrons. The van der Waals surface area contributed by atoms with Gasteiger partial charge < -0.3 is 15.1 Å². The summed E-state index contributed by atoms with van der Waals surface area (Å²) in [6.07, 6.45) is 3.14. The molecule has 2 aromatic heterocycles. The van der Waals surface area contributed by atoms with E-state index in [1.54, 1.807) is 6.20 Å². The first-order chi connectivity index (χ1) is 16.3. The van der Waals surface area contributed by atoms with E-state index in [1.807, 2.05) is 50.8 Å². The molecule has 3 heterocycles. The average molecular weight is 545 g/mol. The summed E-state index contributed by atoms with van der Waals surface area (Å²) in [7, 11) is 0. The third-order valence-electron chi connectivity index (χ3n) is 6.54. The molecule has 1 saturated heterocycles. The Kier molecular flexibility index (Phi) is 7.52. The number of amides is 2. The van der Waals surface area contributed by atoms with Crippen molar-refractivity contribution < 1.29 is 9.59 Å². The van der Waals surface area contributed by atoms with Crippen LogP contribution in [0.2, 0.25) is 0 Å². The van der Waals surface area contributed by atoms with Gasteiger partial charge in [-0.1, -0.05) is 15.9 Å². The summed E-state index contributed by atoms with van der Waals surface area (Å²) in [6.45, 7) is 10.6. The third kappa shape index (κ3) is 4.81. The molecule has 0 saturated carbocycles. The number of rotatable bonds is 6. The lowest BCUT2D eigenvalue weighted by Crippen LogP contribution is -2.40. The van der Waals surface area contributed by atoms with Gasteiger partial charge in [0.05, 0.1) is 22.3 Å². The van der Waals surface area contributed by atoms with E-state index in [9.17, 15) is 9.59 Å². The molecule has 3 aromatic rings. The van der Waals surface area contributed by atoms with Gasteiger partial charge in [0.15, 0.2) is 0 Å². The van der Waals surface area contributed by atoms with Crippen molar-refractivity contribution in [2.75, 3.05) is 36.4 Å². The first-order valence-corrected chi connectivity index (χ1v) is 13.3. The lowest BCUT2D eigenvalue weighted by atomic mass is 9.94. The van der Waals surface area contributed by atoms with E-state index >= 15 is 0 Å². The number of piperidine rings is 1. The number of nitrogens with one attached hydrogen (secondary N) is 1. The first kappa shape index (κ1) is 24.6. The van der Waals surface area contributed by atoms with Gasteiger partial charge >= 0.3 is 0 Å².